The van der Waals surface area contributed by atoms with Gasteiger partial charge in [-0.1, -0.05) is 0 Å². The zero-order valence-electron chi connectivity index (χ0n) is 24.3. The van der Waals surface area contributed by atoms with Crippen LogP contribution in [0.3, 0.4) is 0 Å². The number of esters is 2. The molecule has 0 atom stereocenters. The van der Waals surface area contributed by atoms with Gasteiger partial charge in [0.05, 0.1) is 79.8 Å². The number of carbonyl (C=O) groups excluding carboxylic acids is 2. The number of rotatable bonds is 10. The largest absolute Gasteiger partial charge is 0.462 e. The number of nitrogens with zero attached hydrogens (tertiary/aromatic N) is 3. The lowest BCUT2D eigenvalue weighted by Crippen LogP contribution is -2.36. The lowest BCUT2D eigenvalue weighted by molar-refractivity contribution is -0.870. The molecular weight excluding hydrogens is 502 g/mol. The number of nitrogen functional groups attached to an aromatic ring is 2. The van der Waals surface area contributed by atoms with E-state index < -0.39 is 17.4 Å². The van der Waals surface area contributed by atoms with Crippen molar-refractivity contribution in [2.75, 3.05) is 80.1 Å². The van der Waals surface area contributed by atoms with Crippen LogP contribution in [0.5, 0.6) is 0 Å². The van der Waals surface area contributed by atoms with Crippen LogP contribution in [-0.4, -0.2) is 94.5 Å². The van der Waals surface area contributed by atoms with Gasteiger partial charge in [-0.3, -0.25) is 4.79 Å². The fourth-order valence-corrected chi connectivity index (χ4v) is 4.20. The molecule has 2 aliphatic rings. The molecule has 3 rings (SSSR count). The quantitative estimate of drug-likeness (QED) is 0.129. The van der Waals surface area contributed by atoms with Crippen LogP contribution in [0.25, 0.3) is 22.6 Å². The molecule has 4 N–H and O–H groups in total. The fraction of sp³-hybridized carbons (Fsp3) is 0.500. The summed E-state index contributed by atoms with van der Waals surface area (Å²) in [6.45, 7) is 5.22. The van der Waals surface area contributed by atoms with Gasteiger partial charge in [0.1, 0.15) is 16.8 Å². The number of aromatic nitrogens is 1. The maximum Gasteiger partial charge on any atom is 0.342 e. The molecule has 11 heteroatoms. The molecule has 1 aliphatic carbocycles. The molecule has 0 fully saturated rings. The van der Waals surface area contributed by atoms with Gasteiger partial charge in [0.25, 0.3) is 0 Å². The number of ether oxygens (including phenoxy) is 2. The van der Waals surface area contributed by atoms with Crippen LogP contribution in [0, 0.1) is 13.8 Å². The monoisotopic (exact) mass is 543 g/mol. The normalized spacial score (nSPS) is 12.2. The molecule has 0 amide bonds. The second-order valence-electron chi connectivity index (χ2n) is 12.0. The minimum absolute atomic E-state index is 0.0388. The van der Waals surface area contributed by atoms with E-state index in [0.29, 0.717) is 28.6 Å². The van der Waals surface area contributed by atoms with Crippen molar-refractivity contribution >= 4 is 34.4 Å². The molecule has 0 saturated carbocycles. The van der Waals surface area contributed by atoms with E-state index in [1.54, 1.807) is 13.8 Å². The van der Waals surface area contributed by atoms with E-state index in [9.17, 15) is 14.4 Å². The molecular formula is C28H41N5O6+2. The third kappa shape index (κ3) is 6.85. The van der Waals surface area contributed by atoms with Gasteiger partial charge in [-0.05, 0) is 19.9 Å². The SMILES string of the molecule is Cc1c2oc3c(C)c(N)cc(C(=O)OCCC[N+](C)(C)C)c3nc-2c(C(=O)OCCC[N+](C)(C)C)c(N)c1=O. The summed E-state index contributed by atoms with van der Waals surface area (Å²) in [6.07, 6.45) is 1.29. The molecule has 1 aliphatic heterocycles. The van der Waals surface area contributed by atoms with Gasteiger partial charge < -0.3 is 34.3 Å². The Kier molecular flexibility index (Phi) is 8.56. The molecule has 1 aromatic rings. The first-order chi connectivity index (χ1) is 18.0. The maximum absolute atomic E-state index is 13.2. The first-order valence-electron chi connectivity index (χ1n) is 12.9. The number of carbonyl (C=O) groups is 2. The summed E-state index contributed by atoms with van der Waals surface area (Å²) in [6, 6.07) is 1.48. The zero-order valence-corrected chi connectivity index (χ0v) is 24.3. The number of benzene rings is 2. The molecule has 0 aromatic heterocycles. The molecule has 212 valence electrons. The molecule has 0 unspecified atom stereocenters. The minimum atomic E-state index is -0.783. The number of aryl methyl sites for hydroxylation is 1. The van der Waals surface area contributed by atoms with Crippen LogP contribution in [0.15, 0.2) is 15.3 Å². The van der Waals surface area contributed by atoms with Crippen molar-refractivity contribution in [3.8, 4) is 11.5 Å². The molecule has 0 spiro atoms. The van der Waals surface area contributed by atoms with E-state index in [4.69, 9.17) is 25.4 Å². The first-order valence-corrected chi connectivity index (χ1v) is 12.9. The smallest absolute Gasteiger partial charge is 0.342 e. The van der Waals surface area contributed by atoms with Crippen LogP contribution in [0.1, 0.15) is 44.7 Å². The summed E-state index contributed by atoms with van der Waals surface area (Å²) in [5, 5.41) is 0. The van der Waals surface area contributed by atoms with Crippen molar-refractivity contribution < 1.29 is 32.4 Å². The highest BCUT2D eigenvalue weighted by atomic mass is 16.5. The molecule has 0 radical (unpaired) electrons. The van der Waals surface area contributed by atoms with Gasteiger partial charge in [0, 0.05) is 29.7 Å². The highest BCUT2D eigenvalue weighted by Gasteiger charge is 2.30. The van der Waals surface area contributed by atoms with Crippen LogP contribution in [-0.2, 0) is 9.47 Å². The van der Waals surface area contributed by atoms with Gasteiger partial charge in [0.15, 0.2) is 11.3 Å². The highest BCUT2D eigenvalue weighted by molar-refractivity contribution is 6.07. The second kappa shape index (κ2) is 11.2. The van der Waals surface area contributed by atoms with E-state index >= 15 is 0 Å². The van der Waals surface area contributed by atoms with Crippen LogP contribution in [0.4, 0.5) is 11.4 Å². The minimum Gasteiger partial charge on any atom is -0.462 e. The van der Waals surface area contributed by atoms with Gasteiger partial charge in [0.2, 0.25) is 5.43 Å². The van der Waals surface area contributed by atoms with Crippen molar-refractivity contribution in [3.05, 3.63) is 38.5 Å². The third-order valence-corrected chi connectivity index (χ3v) is 6.46. The average Bonchev–Trinajstić information content (AvgIpc) is 2.83. The Bertz CT molecular complexity index is 1430. The Morgan fingerprint density at radius 1 is 0.897 bits per heavy atom. The molecule has 11 nitrogen and oxygen atoms in total. The third-order valence-electron chi connectivity index (χ3n) is 6.46. The highest BCUT2D eigenvalue weighted by Crippen LogP contribution is 2.36. The number of fused-ring (bicyclic) bond motifs is 2. The Hall–Kier alpha value is -3.70. The van der Waals surface area contributed by atoms with E-state index in [1.807, 2.05) is 21.1 Å². The topological polar surface area (TPSA) is 148 Å². The summed E-state index contributed by atoms with van der Waals surface area (Å²) < 4.78 is 18.6. The Labute approximate surface area is 228 Å². The standard InChI is InChI=1S/C28H39N5O6/c1-16-19(29)15-18(27(35)37-13-9-11-32(3,4)5)22-25(16)39-26-17(2)24(34)21(30)20(23(26)31-22)28(36)38-14-10-12-33(6,7)8/h15H,9-14H2,1-8H3,(H2-2,29,30,31,34,35,36)/p+2. The summed E-state index contributed by atoms with van der Waals surface area (Å²) in [7, 11) is 12.3. The number of anilines is 2. The predicted octanol–water partition coefficient (Wildman–Crippen LogP) is 2.58. The number of hydrogen-bond acceptors (Lipinski definition) is 9. The second-order valence-corrected chi connectivity index (χ2v) is 12.0. The Morgan fingerprint density at radius 3 is 1.97 bits per heavy atom. The van der Waals surface area contributed by atoms with Gasteiger partial charge >= 0.3 is 11.9 Å². The van der Waals surface area contributed by atoms with Gasteiger partial charge in [-0.2, -0.15) is 0 Å². The number of quaternary nitrogens is 2. The molecule has 39 heavy (non-hydrogen) atoms. The van der Waals surface area contributed by atoms with Crippen LogP contribution in [0.2, 0.25) is 0 Å². The van der Waals surface area contributed by atoms with E-state index in [1.165, 1.54) is 6.07 Å². The van der Waals surface area contributed by atoms with Gasteiger partial charge in [-0.25, -0.2) is 14.6 Å². The molecule has 0 saturated heterocycles. The van der Waals surface area contributed by atoms with E-state index in [2.05, 4.69) is 26.1 Å². The van der Waals surface area contributed by atoms with Crippen molar-refractivity contribution in [2.45, 2.75) is 26.7 Å². The van der Waals surface area contributed by atoms with Crippen molar-refractivity contribution in [1.82, 2.24) is 4.98 Å². The fourth-order valence-electron chi connectivity index (χ4n) is 4.20. The molecule has 1 heterocycles. The lowest BCUT2D eigenvalue weighted by atomic mass is 10.00. The van der Waals surface area contributed by atoms with Crippen molar-refractivity contribution in [2.24, 2.45) is 0 Å². The number of nitrogens with two attached hydrogens (primary N) is 2. The molecule has 1 aromatic carbocycles. The Morgan fingerprint density at radius 2 is 1.44 bits per heavy atom. The van der Waals surface area contributed by atoms with Crippen molar-refractivity contribution in [3.63, 3.8) is 0 Å². The van der Waals surface area contributed by atoms with Crippen molar-refractivity contribution in [1.29, 1.82) is 0 Å². The van der Waals surface area contributed by atoms with E-state index in [-0.39, 0.29) is 58.1 Å². The van der Waals surface area contributed by atoms with Crippen LogP contribution >= 0.6 is 0 Å². The summed E-state index contributed by atoms with van der Waals surface area (Å²) >= 11 is 0. The van der Waals surface area contributed by atoms with Gasteiger partial charge in [-0.15, -0.1) is 0 Å². The average molecular weight is 544 g/mol. The summed E-state index contributed by atoms with van der Waals surface area (Å²) in [4.78, 5) is 43.8. The number of hydrogen-bond donors (Lipinski definition) is 2. The maximum atomic E-state index is 13.2. The van der Waals surface area contributed by atoms with E-state index in [0.717, 1.165) is 17.6 Å². The predicted molar refractivity (Wildman–Crippen MR) is 151 cm³/mol. The molecule has 0 bridgehead atoms. The summed E-state index contributed by atoms with van der Waals surface area (Å²) in [5.41, 5.74) is 12.8. The Balaban J connectivity index is 2.10. The summed E-state index contributed by atoms with van der Waals surface area (Å²) in [5.74, 6) is -1.32. The lowest BCUT2D eigenvalue weighted by Gasteiger charge is -2.23. The first kappa shape index (κ1) is 29.9. The zero-order chi connectivity index (χ0) is 29.3. The van der Waals surface area contributed by atoms with Crippen LogP contribution < -0.4 is 16.9 Å².